The fourth-order valence-corrected chi connectivity index (χ4v) is 3.09. The third-order valence-corrected chi connectivity index (χ3v) is 4.09. The van der Waals surface area contributed by atoms with Gasteiger partial charge in [0.15, 0.2) is 0 Å². The van der Waals surface area contributed by atoms with Crippen molar-refractivity contribution in [3.8, 4) is 0 Å². The summed E-state index contributed by atoms with van der Waals surface area (Å²) in [7, 11) is 0. The molecular formula is C17H22BrN3O. The summed E-state index contributed by atoms with van der Waals surface area (Å²) in [6, 6.07) is 8.21. The predicted molar refractivity (Wildman–Crippen MR) is 93.5 cm³/mol. The second-order valence-corrected chi connectivity index (χ2v) is 6.09. The molecule has 2 rings (SSSR count). The highest BCUT2D eigenvalue weighted by Crippen LogP contribution is 2.31. The summed E-state index contributed by atoms with van der Waals surface area (Å²) in [5, 5.41) is 9.34. The van der Waals surface area contributed by atoms with Crippen LogP contribution < -0.4 is 4.90 Å². The number of benzene rings is 1. The van der Waals surface area contributed by atoms with E-state index in [0.29, 0.717) is 11.6 Å². The maximum Gasteiger partial charge on any atom is 0.230 e. The van der Waals surface area contributed by atoms with Crippen molar-refractivity contribution in [2.45, 2.75) is 40.2 Å². The molecule has 0 spiro atoms. The minimum atomic E-state index is -0.0788. The minimum Gasteiger partial charge on any atom is -0.390 e. The molecule has 1 aromatic carbocycles. The Morgan fingerprint density at radius 1 is 1.18 bits per heavy atom. The Morgan fingerprint density at radius 3 is 2.55 bits per heavy atom. The normalized spacial score (nSPS) is 10.8. The number of aryl methyl sites for hydroxylation is 2. The van der Waals surface area contributed by atoms with Crippen molar-refractivity contribution in [1.82, 2.24) is 9.97 Å². The van der Waals surface area contributed by atoms with E-state index >= 15 is 0 Å². The van der Waals surface area contributed by atoms with Gasteiger partial charge >= 0.3 is 0 Å². The molecule has 0 aliphatic rings. The van der Waals surface area contributed by atoms with Gasteiger partial charge in [0.05, 0.1) is 18.0 Å². The van der Waals surface area contributed by atoms with E-state index in [1.54, 1.807) is 6.07 Å². The van der Waals surface area contributed by atoms with E-state index in [0.717, 1.165) is 35.2 Å². The zero-order valence-electron chi connectivity index (χ0n) is 13.3. The van der Waals surface area contributed by atoms with E-state index in [1.165, 1.54) is 5.56 Å². The van der Waals surface area contributed by atoms with Gasteiger partial charge in [-0.25, -0.2) is 9.97 Å². The summed E-state index contributed by atoms with van der Waals surface area (Å²) in [6.45, 7) is 6.83. The Bertz CT molecular complexity index is 646. The van der Waals surface area contributed by atoms with Crippen molar-refractivity contribution in [2.75, 3.05) is 11.4 Å². The lowest BCUT2D eigenvalue weighted by Crippen LogP contribution is -2.20. The number of aliphatic hydroxyl groups excluding tert-OH is 1. The molecule has 5 heteroatoms. The molecule has 0 aliphatic heterocycles. The van der Waals surface area contributed by atoms with Gasteiger partial charge in [0.1, 0.15) is 0 Å². The number of aliphatic hydroxyl groups is 1. The quantitative estimate of drug-likeness (QED) is 0.837. The maximum absolute atomic E-state index is 9.34. The lowest BCUT2D eigenvalue weighted by molar-refractivity contribution is 0.276. The van der Waals surface area contributed by atoms with Crippen molar-refractivity contribution < 1.29 is 5.11 Å². The lowest BCUT2D eigenvalue weighted by atomic mass is 10.1. The number of rotatable bonds is 6. The Kier molecular flexibility index (Phi) is 5.91. The number of anilines is 2. The number of hydrogen-bond acceptors (Lipinski definition) is 4. The average Bonchev–Trinajstić information content (AvgIpc) is 2.50. The molecule has 1 aromatic heterocycles. The highest BCUT2D eigenvalue weighted by atomic mass is 79.9. The van der Waals surface area contributed by atoms with Gasteiger partial charge in [-0.1, -0.05) is 19.4 Å². The fraction of sp³-hybridized carbons (Fsp3) is 0.412. The van der Waals surface area contributed by atoms with Gasteiger partial charge in [-0.05, 0) is 60.0 Å². The summed E-state index contributed by atoms with van der Waals surface area (Å²) < 4.78 is 1.04. The molecular weight excluding hydrogens is 342 g/mol. The van der Waals surface area contributed by atoms with Gasteiger partial charge in [-0.3, -0.25) is 0 Å². The number of aromatic nitrogens is 2. The van der Waals surface area contributed by atoms with Gasteiger partial charge in [0, 0.05) is 16.7 Å². The Morgan fingerprint density at radius 2 is 1.95 bits per heavy atom. The Balaban J connectivity index is 2.41. The van der Waals surface area contributed by atoms with Gasteiger partial charge in [-0.15, -0.1) is 0 Å². The molecule has 0 amide bonds. The highest BCUT2D eigenvalue weighted by Gasteiger charge is 2.15. The molecule has 118 valence electrons. The van der Waals surface area contributed by atoms with E-state index in [-0.39, 0.29) is 6.61 Å². The molecule has 0 radical (unpaired) electrons. The topological polar surface area (TPSA) is 49.2 Å². The van der Waals surface area contributed by atoms with E-state index in [4.69, 9.17) is 0 Å². The highest BCUT2D eigenvalue weighted by molar-refractivity contribution is 9.10. The maximum atomic E-state index is 9.34. The minimum absolute atomic E-state index is 0.0788. The second kappa shape index (κ2) is 7.70. The Labute approximate surface area is 140 Å². The van der Waals surface area contributed by atoms with Crippen LogP contribution >= 0.6 is 15.9 Å². The molecule has 0 aliphatic carbocycles. The summed E-state index contributed by atoms with van der Waals surface area (Å²) in [5.41, 5.74) is 3.85. The smallest absolute Gasteiger partial charge is 0.230 e. The predicted octanol–water partition coefficient (Wildman–Crippen LogP) is 4.15. The van der Waals surface area contributed by atoms with E-state index in [1.807, 2.05) is 11.8 Å². The van der Waals surface area contributed by atoms with Crippen molar-refractivity contribution in [2.24, 2.45) is 0 Å². The molecule has 0 atom stereocenters. The SMILES string of the molecule is CCCc1ccc(N(CC)c2nc(C)cc(CO)n2)c(Br)c1. The number of nitrogens with zero attached hydrogens (tertiary/aromatic N) is 3. The molecule has 1 N–H and O–H groups in total. The van der Waals surface area contributed by atoms with Crippen LogP contribution in [0.5, 0.6) is 0 Å². The van der Waals surface area contributed by atoms with Gasteiger partial charge < -0.3 is 10.0 Å². The van der Waals surface area contributed by atoms with Gasteiger partial charge in [0.25, 0.3) is 0 Å². The molecule has 0 saturated carbocycles. The van der Waals surface area contributed by atoms with Crippen LogP contribution in [0, 0.1) is 6.92 Å². The van der Waals surface area contributed by atoms with Gasteiger partial charge in [-0.2, -0.15) is 0 Å². The van der Waals surface area contributed by atoms with Crippen LogP contribution in [0.15, 0.2) is 28.7 Å². The molecule has 22 heavy (non-hydrogen) atoms. The molecule has 4 nitrogen and oxygen atoms in total. The summed E-state index contributed by atoms with van der Waals surface area (Å²) in [5.74, 6) is 0.621. The molecule has 2 aromatic rings. The van der Waals surface area contributed by atoms with Crippen LogP contribution in [-0.2, 0) is 13.0 Å². The first kappa shape index (κ1) is 16.9. The van der Waals surface area contributed by atoms with Crippen molar-refractivity contribution in [3.63, 3.8) is 0 Å². The molecule has 0 fully saturated rings. The van der Waals surface area contributed by atoms with Crippen LogP contribution in [0.4, 0.5) is 11.6 Å². The molecule has 0 saturated heterocycles. The summed E-state index contributed by atoms with van der Waals surface area (Å²) in [6.07, 6.45) is 2.20. The molecule has 0 unspecified atom stereocenters. The van der Waals surface area contributed by atoms with Crippen LogP contribution in [-0.4, -0.2) is 21.6 Å². The first-order valence-corrected chi connectivity index (χ1v) is 8.39. The van der Waals surface area contributed by atoms with Crippen molar-refractivity contribution in [1.29, 1.82) is 0 Å². The fourth-order valence-electron chi connectivity index (χ4n) is 2.45. The third-order valence-electron chi connectivity index (χ3n) is 3.46. The molecule has 0 bridgehead atoms. The van der Waals surface area contributed by atoms with E-state index in [9.17, 15) is 5.11 Å². The van der Waals surface area contributed by atoms with E-state index < -0.39 is 0 Å². The van der Waals surface area contributed by atoms with Crippen LogP contribution in [0.25, 0.3) is 0 Å². The van der Waals surface area contributed by atoms with Crippen LogP contribution in [0.2, 0.25) is 0 Å². The summed E-state index contributed by atoms with van der Waals surface area (Å²) in [4.78, 5) is 11.0. The monoisotopic (exact) mass is 363 g/mol. The molecule has 1 heterocycles. The largest absolute Gasteiger partial charge is 0.390 e. The Hall–Kier alpha value is -1.46. The third kappa shape index (κ3) is 3.84. The zero-order valence-corrected chi connectivity index (χ0v) is 14.9. The standard InChI is InChI=1S/C17H22BrN3O/c1-4-6-13-7-8-16(15(18)10-13)21(5-2)17-19-12(3)9-14(11-22)20-17/h7-10,22H,4-6,11H2,1-3H3. The second-order valence-electron chi connectivity index (χ2n) is 5.24. The van der Waals surface area contributed by atoms with Gasteiger partial charge in [0.2, 0.25) is 5.95 Å². The van der Waals surface area contributed by atoms with E-state index in [2.05, 4.69) is 57.9 Å². The summed E-state index contributed by atoms with van der Waals surface area (Å²) >= 11 is 3.66. The first-order valence-electron chi connectivity index (χ1n) is 7.60. The number of halogens is 1. The lowest BCUT2D eigenvalue weighted by Gasteiger charge is -2.23. The average molecular weight is 364 g/mol. The first-order chi connectivity index (χ1) is 10.6. The van der Waals surface area contributed by atoms with Crippen LogP contribution in [0.3, 0.4) is 0 Å². The zero-order chi connectivity index (χ0) is 16.1. The van der Waals surface area contributed by atoms with Crippen molar-refractivity contribution >= 4 is 27.6 Å². The van der Waals surface area contributed by atoms with Crippen molar-refractivity contribution in [3.05, 3.63) is 45.7 Å². The number of hydrogen-bond donors (Lipinski definition) is 1. The van der Waals surface area contributed by atoms with Crippen LogP contribution in [0.1, 0.15) is 37.2 Å².